The number of carbonyl (C=O) groups excluding carboxylic acids is 1. The van der Waals surface area contributed by atoms with Crippen molar-refractivity contribution in [1.29, 1.82) is 0 Å². The highest BCUT2D eigenvalue weighted by Gasteiger charge is 2.17. The summed E-state index contributed by atoms with van der Waals surface area (Å²) in [6.45, 7) is 0.689. The van der Waals surface area contributed by atoms with E-state index in [1.165, 1.54) is 16.3 Å². The second-order valence-corrected chi connectivity index (χ2v) is 9.39. The monoisotopic (exact) mass is 496 g/mol. The fraction of sp³-hybridized carbons (Fsp3) is 0.240. The first-order valence-corrected chi connectivity index (χ1v) is 12.1. The average molecular weight is 497 g/mol. The van der Waals surface area contributed by atoms with Gasteiger partial charge in [0.05, 0.1) is 35.5 Å². The minimum atomic E-state index is -0.210. The van der Waals surface area contributed by atoms with Crippen LogP contribution in [0.15, 0.2) is 81.3 Å². The summed E-state index contributed by atoms with van der Waals surface area (Å²) < 4.78 is 6.96. The van der Waals surface area contributed by atoms with Crippen LogP contribution in [0.25, 0.3) is 10.9 Å². The second kappa shape index (κ2) is 10.9. The third kappa shape index (κ3) is 5.70. The summed E-state index contributed by atoms with van der Waals surface area (Å²) in [7, 11) is 3.96. The Balaban J connectivity index is 1.51. The molecule has 176 valence electrons. The van der Waals surface area contributed by atoms with Crippen LogP contribution in [0.3, 0.4) is 0 Å². The second-order valence-electron chi connectivity index (χ2n) is 8.01. The van der Waals surface area contributed by atoms with Crippen LogP contribution < -0.4 is 10.9 Å². The summed E-state index contributed by atoms with van der Waals surface area (Å²) in [6, 6.07) is 18.6. The Morgan fingerprint density at radius 3 is 2.68 bits per heavy atom. The summed E-state index contributed by atoms with van der Waals surface area (Å²) in [5.41, 5.74) is 1.41. The molecule has 4 rings (SSSR count). The molecule has 34 heavy (non-hydrogen) atoms. The van der Waals surface area contributed by atoms with Crippen LogP contribution >= 0.6 is 23.4 Å². The van der Waals surface area contributed by atoms with Crippen molar-refractivity contribution in [1.82, 2.24) is 19.8 Å². The molecule has 1 N–H and O–H groups in total. The summed E-state index contributed by atoms with van der Waals surface area (Å²) in [6.07, 6.45) is 1.56. The first kappa shape index (κ1) is 24.1. The van der Waals surface area contributed by atoms with E-state index in [9.17, 15) is 9.59 Å². The number of benzene rings is 2. The van der Waals surface area contributed by atoms with E-state index in [1.807, 2.05) is 44.4 Å². The predicted molar refractivity (Wildman–Crippen MR) is 135 cm³/mol. The smallest absolute Gasteiger partial charge is 0.262 e. The standard InChI is InChI=1S/C25H25ClN4O3S/c1-29(2)22(17-7-4-3-5-8-17)14-27-23(31)16-34-25-28-21-13-18(26)10-11-20(21)24(32)30(25)15-19-9-6-12-33-19/h3-13,22H,14-16H2,1-2H3,(H,27,31). The lowest BCUT2D eigenvalue weighted by atomic mass is 10.1. The molecule has 1 unspecified atom stereocenters. The number of hydrogen-bond donors (Lipinski definition) is 1. The molecule has 0 spiro atoms. The molecule has 0 fully saturated rings. The minimum Gasteiger partial charge on any atom is -0.467 e. The van der Waals surface area contributed by atoms with Gasteiger partial charge in [0.2, 0.25) is 5.91 Å². The zero-order valence-corrected chi connectivity index (χ0v) is 20.5. The van der Waals surface area contributed by atoms with Gasteiger partial charge in [0, 0.05) is 11.6 Å². The summed E-state index contributed by atoms with van der Waals surface area (Å²) in [5.74, 6) is 0.601. The van der Waals surface area contributed by atoms with Crippen molar-refractivity contribution in [2.45, 2.75) is 17.7 Å². The Morgan fingerprint density at radius 2 is 1.97 bits per heavy atom. The van der Waals surface area contributed by atoms with E-state index < -0.39 is 0 Å². The number of furan rings is 1. The quantitative estimate of drug-likeness (QED) is 0.276. The van der Waals surface area contributed by atoms with Crippen LogP contribution in [0.4, 0.5) is 0 Å². The fourth-order valence-corrected chi connectivity index (χ4v) is 4.64. The number of carbonyl (C=O) groups is 1. The van der Waals surface area contributed by atoms with Crippen molar-refractivity contribution in [3.63, 3.8) is 0 Å². The lowest BCUT2D eigenvalue weighted by Crippen LogP contribution is -2.35. The van der Waals surface area contributed by atoms with Gasteiger partial charge in [0.1, 0.15) is 5.76 Å². The van der Waals surface area contributed by atoms with Crippen LogP contribution in [-0.4, -0.2) is 46.8 Å². The molecule has 2 aromatic heterocycles. The van der Waals surface area contributed by atoms with Crippen molar-refractivity contribution < 1.29 is 9.21 Å². The molecule has 1 amide bonds. The van der Waals surface area contributed by atoms with Gasteiger partial charge in [-0.3, -0.25) is 14.2 Å². The van der Waals surface area contributed by atoms with Gasteiger partial charge in [-0.25, -0.2) is 4.98 Å². The van der Waals surface area contributed by atoms with E-state index in [1.54, 1.807) is 36.6 Å². The van der Waals surface area contributed by atoms with E-state index in [0.29, 0.717) is 33.4 Å². The number of likely N-dealkylation sites (N-methyl/N-ethyl adjacent to an activating group) is 1. The van der Waals surface area contributed by atoms with Crippen molar-refractivity contribution in [2.24, 2.45) is 0 Å². The molecule has 2 heterocycles. The van der Waals surface area contributed by atoms with E-state index in [-0.39, 0.29) is 29.8 Å². The Bertz CT molecular complexity index is 1320. The molecule has 0 saturated carbocycles. The number of hydrogen-bond acceptors (Lipinski definition) is 6. The van der Waals surface area contributed by atoms with Crippen molar-refractivity contribution in [2.75, 3.05) is 26.4 Å². The largest absolute Gasteiger partial charge is 0.467 e. The van der Waals surface area contributed by atoms with Crippen LogP contribution in [0, 0.1) is 0 Å². The highest BCUT2D eigenvalue weighted by atomic mass is 35.5. The van der Waals surface area contributed by atoms with Crippen molar-refractivity contribution >= 4 is 40.2 Å². The van der Waals surface area contributed by atoms with Gasteiger partial charge in [-0.1, -0.05) is 53.7 Å². The fourth-order valence-electron chi connectivity index (χ4n) is 3.65. The van der Waals surface area contributed by atoms with Crippen molar-refractivity contribution in [3.05, 3.63) is 93.6 Å². The first-order chi connectivity index (χ1) is 16.4. The molecule has 9 heteroatoms. The lowest BCUT2D eigenvalue weighted by molar-refractivity contribution is -0.118. The Morgan fingerprint density at radius 1 is 1.18 bits per heavy atom. The molecular formula is C25H25ClN4O3S. The molecule has 0 aliphatic rings. The predicted octanol–water partition coefficient (Wildman–Crippen LogP) is 4.20. The van der Waals surface area contributed by atoms with E-state index in [2.05, 4.69) is 15.2 Å². The number of nitrogens with one attached hydrogen (secondary N) is 1. The van der Waals surface area contributed by atoms with Gasteiger partial charge in [0.25, 0.3) is 5.56 Å². The number of aromatic nitrogens is 2. The van der Waals surface area contributed by atoms with Gasteiger partial charge in [0.15, 0.2) is 5.16 Å². The topological polar surface area (TPSA) is 80.4 Å². The maximum absolute atomic E-state index is 13.2. The zero-order valence-electron chi connectivity index (χ0n) is 18.9. The first-order valence-electron chi connectivity index (χ1n) is 10.8. The van der Waals surface area contributed by atoms with Gasteiger partial charge in [-0.2, -0.15) is 0 Å². The Kier molecular flexibility index (Phi) is 7.72. The summed E-state index contributed by atoms with van der Waals surface area (Å²) in [4.78, 5) is 32.6. The van der Waals surface area contributed by atoms with E-state index in [4.69, 9.17) is 16.0 Å². The van der Waals surface area contributed by atoms with Crippen LogP contribution in [0.2, 0.25) is 5.02 Å². The third-order valence-electron chi connectivity index (χ3n) is 5.41. The minimum absolute atomic E-state index is 0.0493. The van der Waals surface area contributed by atoms with Gasteiger partial charge in [-0.05, 0) is 50.0 Å². The molecule has 4 aromatic rings. The van der Waals surface area contributed by atoms with Gasteiger partial charge >= 0.3 is 0 Å². The molecule has 0 aliphatic carbocycles. The number of nitrogens with zero attached hydrogens (tertiary/aromatic N) is 3. The normalized spacial score (nSPS) is 12.2. The Labute approximate surface area is 206 Å². The molecular weight excluding hydrogens is 472 g/mol. The van der Waals surface area contributed by atoms with E-state index in [0.717, 1.165) is 5.56 Å². The number of amides is 1. The number of fused-ring (bicyclic) bond motifs is 1. The number of thioether (sulfide) groups is 1. The SMILES string of the molecule is CN(C)C(CNC(=O)CSc1nc2cc(Cl)ccc2c(=O)n1Cc1ccco1)c1ccccc1. The third-order valence-corrected chi connectivity index (χ3v) is 6.62. The number of halogens is 1. The van der Waals surface area contributed by atoms with Crippen molar-refractivity contribution in [3.8, 4) is 0 Å². The maximum Gasteiger partial charge on any atom is 0.262 e. The molecule has 2 aromatic carbocycles. The zero-order chi connectivity index (χ0) is 24.1. The highest BCUT2D eigenvalue weighted by Crippen LogP contribution is 2.22. The summed E-state index contributed by atoms with van der Waals surface area (Å²) in [5, 5.41) is 4.38. The molecule has 0 aliphatic heterocycles. The van der Waals surface area contributed by atoms with Crippen LogP contribution in [0.5, 0.6) is 0 Å². The number of rotatable bonds is 9. The molecule has 1 atom stereocenters. The maximum atomic E-state index is 13.2. The molecule has 0 radical (unpaired) electrons. The molecule has 0 saturated heterocycles. The van der Waals surface area contributed by atoms with E-state index >= 15 is 0 Å². The summed E-state index contributed by atoms with van der Waals surface area (Å²) >= 11 is 7.32. The lowest BCUT2D eigenvalue weighted by Gasteiger charge is -2.25. The molecule has 0 bridgehead atoms. The Hall–Kier alpha value is -3.07. The van der Waals surface area contributed by atoms with Gasteiger partial charge in [-0.15, -0.1) is 0 Å². The molecule has 7 nitrogen and oxygen atoms in total. The highest BCUT2D eigenvalue weighted by molar-refractivity contribution is 7.99. The van der Waals surface area contributed by atoms with Gasteiger partial charge < -0.3 is 14.6 Å². The van der Waals surface area contributed by atoms with Crippen LogP contribution in [0.1, 0.15) is 17.4 Å². The average Bonchev–Trinajstić information content (AvgIpc) is 3.33. The van der Waals surface area contributed by atoms with Crippen LogP contribution in [-0.2, 0) is 11.3 Å².